The Hall–Kier alpha value is -2.46. The van der Waals surface area contributed by atoms with Crippen molar-refractivity contribution in [1.29, 1.82) is 0 Å². The van der Waals surface area contributed by atoms with E-state index in [-0.39, 0.29) is 0 Å². The molecular formula is C23H26N2O2. The molecule has 3 atom stereocenters. The number of benzene rings is 2. The Morgan fingerprint density at radius 1 is 1.00 bits per heavy atom. The first kappa shape index (κ1) is 17.9. The number of nitrogens with one attached hydrogen (secondary N) is 1. The quantitative estimate of drug-likeness (QED) is 0.627. The van der Waals surface area contributed by atoms with Crippen LogP contribution in [0.3, 0.4) is 0 Å². The maximum Gasteiger partial charge on any atom is 0.281 e. The molecule has 2 saturated carbocycles. The number of carbonyl (C=O) groups is 1. The van der Waals surface area contributed by atoms with Crippen LogP contribution >= 0.6 is 0 Å². The zero-order valence-electron chi connectivity index (χ0n) is 15.6. The van der Waals surface area contributed by atoms with Gasteiger partial charge >= 0.3 is 0 Å². The monoisotopic (exact) mass is 362 g/mol. The molecule has 2 aromatic carbocycles. The van der Waals surface area contributed by atoms with E-state index in [1.54, 1.807) is 24.3 Å². The molecule has 1 amide bonds. The standard InChI is InChI=1S/C23H26N2O2/c1-16(21-15-17-12-13-18(21)14-17)24-25-22(26)23(27,19-8-4-2-5-9-19)20-10-6-3-7-11-20/h2-11,17-18,21,27H,12-15H2,1H3,(H,25,26). The molecule has 4 rings (SSSR count). The van der Waals surface area contributed by atoms with Crippen LogP contribution in [-0.4, -0.2) is 16.7 Å². The zero-order chi connectivity index (χ0) is 18.9. The van der Waals surface area contributed by atoms with E-state index in [0.29, 0.717) is 23.0 Å². The van der Waals surface area contributed by atoms with Gasteiger partial charge in [-0.2, -0.15) is 5.10 Å². The summed E-state index contributed by atoms with van der Waals surface area (Å²) in [5, 5.41) is 15.8. The van der Waals surface area contributed by atoms with Crippen molar-refractivity contribution in [3.05, 3.63) is 71.8 Å². The molecule has 0 heterocycles. The normalized spacial score (nSPS) is 24.8. The van der Waals surface area contributed by atoms with Gasteiger partial charge in [-0.05, 0) is 49.1 Å². The number of fused-ring (bicyclic) bond motifs is 2. The van der Waals surface area contributed by atoms with E-state index in [1.165, 1.54) is 25.7 Å². The number of carbonyl (C=O) groups excluding carboxylic acids is 1. The Kier molecular flexibility index (Phi) is 4.83. The highest BCUT2D eigenvalue weighted by atomic mass is 16.3. The number of hydrogen-bond acceptors (Lipinski definition) is 3. The molecule has 27 heavy (non-hydrogen) atoms. The van der Waals surface area contributed by atoms with E-state index < -0.39 is 11.5 Å². The van der Waals surface area contributed by atoms with E-state index in [9.17, 15) is 9.90 Å². The van der Waals surface area contributed by atoms with Gasteiger partial charge in [0, 0.05) is 11.6 Å². The van der Waals surface area contributed by atoms with Gasteiger partial charge in [0.05, 0.1) is 0 Å². The lowest BCUT2D eigenvalue weighted by atomic mass is 9.85. The summed E-state index contributed by atoms with van der Waals surface area (Å²) in [5.41, 5.74) is 2.91. The minimum absolute atomic E-state index is 0.464. The lowest BCUT2D eigenvalue weighted by molar-refractivity contribution is -0.136. The molecule has 0 spiro atoms. The number of nitrogens with zero attached hydrogens (tertiary/aromatic N) is 1. The first-order valence-corrected chi connectivity index (χ1v) is 9.77. The fourth-order valence-electron chi connectivity index (χ4n) is 4.85. The van der Waals surface area contributed by atoms with Crippen LogP contribution in [0.15, 0.2) is 65.8 Å². The van der Waals surface area contributed by atoms with Crippen molar-refractivity contribution in [2.75, 3.05) is 0 Å². The summed E-state index contributed by atoms with van der Waals surface area (Å²) >= 11 is 0. The Labute approximate surface area is 160 Å². The summed E-state index contributed by atoms with van der Waals surface area (Å²) in [6.07, 6.45) is 5.08. The van der Waals surface area contributed by atoms with Gasteiger partial charge in [-0.1, -0.05) is 67.1 Å². The molecule has 0 aromatic heterocycles. The van der Waals surface area contributed by atoms with Crippen LogP contribution < -0.4 is 5.43 Å². The van der Waals surface area contributed by atoms with Crippen LogP contribution in [0, 0.1) is 17.8 Å². The molecule has 2 aliphatic carbocycles. The van der Waals surface area contributed by atoms with Crippen molar-refractivity contribution in [2.45, 2.75) is 38.2 Å². The molecule has 3 unspecified atom stereocenters. The SMILES string of the molecule is CC(=NNC(=O)C(O)(c1ccccc1)c1ccccc1)C1CC2CCC1C2. The maximum atomic E-state index is 13.1. The number of hydrogen-bond donors (Lipinski definition) is 2. The molecule has 4 nitrogen and oxygen atoms in total. The Balaban J connectivity index is 1.59. The predicted octanol–water partition coefficient (Wildman–Crippen LogP) is 3.85. The highest BCUT2D eigenvalue weighted by Gasteiger charge is 2.42. The molecule has 2 aliphatic rings. The van der Waals surface area contributed by atoms with E-state index in [2.05, 4.69) is 10.5 Å². The first-order chi connectivity index (χ1) is 13.1. The molecule has 0 aliphatic heterocycles. The van der Waals surface area contributed by atoms with Crippen LogP contribution in [0.2, 0.25) is 0 Å². The van der Waals surface area contributed by atoms with Crippen LogP contribution in [0.4, 0.5) is 0 Å². The van der Waals surface area contributed by atoms with Gasteiger partial charge < -0.3 is 5.11 Å². The summed E-state index contributed by atoms with van der Waals surface area (Å²) in [5.74, 6) is 1.47. The van der Waals surface area contributed by atoms with Crippen LogP contribution in [0.1, 0.15) is 43.7 Å². The van der Waals surface area contributed by atoms with Gasteiger partial charge in [0.2, 0.25) is 0 Å². The molecule has 2 bridgehead atoms. The molecule has 2 fully saturated rings. The van der Waals surface area contributed by atoms with E-state index in [4.69, 9.17) is 0 Å². The minimum atomic E-state index is -1.78. The predicted molar refractivity (Wildman–Crippen MR) is 106 cm³/mol. The number of amides is 1. The second kappa shape index (κ2) is 7.28. The van der Waals surface area contributed by atoms with Crippen LogP contribution in [0.25, 0.3) is 0 Å². The molecule has 140 valence electrons. The van der Waals surface area contributed by atoms with Gasteiger partial charge in [-0.25, -0.2) is 5.43 Å². The Morgan fingerprint density at radius 2 is 1.59 bits per heavy atom. The Morgan fingerprint density at radius 3 is 2.07 bits per heavy atom. The number of hydrazone groups is 1. The van der Waals surface area contributed by atoms with E-state index in [0.717, 1.165) is 11.6 Å². The highest BCUT2D eigenvalue weighted by Crippen LogP contribution is 2.48. The van der Waals surface area contributed by atoms with Crippen molar-refractivity contribution in [1.82, 2.24) is 5.43 Å². The number of rotatable bonds is 5. The minimum Gasteiger partial charge on any atom is -0.372 e. The van der Waals surface area contributed by atoms with Gasteiger partial charge in [0.25, 0.3) is 5.91 Å². The van der Waals surface area contributed by atoms with Crippen LogP contribution in [-0.2, 0) is 10.4 Å². The highest BCUT2D eigenvalue weighted by molar-refractivity contribution is 5.92. The summed E-state index contributed by atoms with van der Waals surface area (Å²) in [7, 11) is 0. The fraction of sp³-hybridized carbons (Fsp3) is 0.391. The lowest BCUT2D eigenvalue weighted by Gasteiger charge is -2.27. The second-order valence-electron chi connectivity index (χ2n) is 7.92. The van der Waals surface area contributed by atoms with E-state index >= 15 is 0 Å². The first-order valence-electron chi connectivity index (χ1n) is 9.77. The van der Waals surface area contributed by atoms with Gasteiger partial charge in [-0.15, -0.1) is 0 Å². The summed E-state index contributed by atoms with van der Waals surface area (Å²) in [4.78, 5) is 13.1. The van der Waals surface area contributed by atoms with Gasteiger partial charge in [0.15, 0.2) is 5.60 Å². The average Bonchev–Trinajstić information content (AvgIpc) is 3.36. The van der Waals surface area contributed by atoms with E-state index in [1.807, 2.05) is 43.3 Å². The van der Waals surface area contributed by atoms with Gasteiger partial charge in [0.1, 0.15) is 0 Å². The third-order valence-corrected chi connectivity index (χ3v) is 6.32. The Bertz CT molecular complexity index is 792. The van der Waals surface area contributed by atoms with Crippen molar-refractivity contribution in [3.8, 4) is 0 Å². The maximum absolute atomic E-state index is 13.1. The molecule has 0 radical (unpaired) electrons. The summed E-state index contributed by atoms with van der Waals surface area (Å²) in [6, 6.07) is 18.1. The lowest BCUT2D eigenvalue weighted by Crippen LogP contribution is -2.44. The smallest absolute Gasteiger partial charge is 0.281 e. The summed E-state index contributed by atoms with van der Waals surface area (Å²) in [6.45, 7) is 2.00. The summed E-state index contributed by atoms with van der Waals surface area (Å²) < 4.78 is 0. The molecule has 2 N–H and O–H groups in total. The van der Waals surface area contributed by atoms with Crippen molar-refractivity contribution in [3.63, 3.8) is 0 Å². The number of aliphatic hydroxyl groups is 1. The zero-order valence-corrected chi connectivity index (χ0v) is 15.6. The molecule has 2 aromatic rings. The molecule has 4 heteroatoms. The topological polar surface area (TPSA) is 61.7 Å². The van der Waals surface area contributed by atoms with Crippen molar-refractivity contribution < 1.29 is 9.90 Å². The third-order valence-electron chi connectivity index (χ3n) is 6.32. The fourth-order valence-corrected chi connectivity index (χ4v) is 4.85. The van der Waals surface area contributed by atoms with Crippen molar-refractivity contribution >= 4 is 11.6 Å². The molecule has 0 saturated heterocycles. The van der Waals surface area contributed by atoms with Gasteiger partial charge in [-0.3, -0.25) is 4.79 Å². The third kappa shape index (κ3) is 3.30. The van der Waals surface area contributed by atoms with Crippen molar-refractivity contribution in [2.24, 2.45) is 22.9 Å². The molecular weight excluding hydrogens is 336 g/mol. The van der Waals surface area contributed by atoms with Crippen LogP contribution in [0.5, 0.6) is 0 Å². The largest absolute Gasteiger partial charge is 0.372 e. The average molecular weight is 362 g/mol. The second-order valence-corrected chi connectivity index (χ2v) is 7.92.